The van der Waals surface area contributed by atoms with E-state index in [0.29, 0.717) is 17.8 Å². The summed E-state index contributed by atoms with van der Waals surface area (Å²) >= 11 is 3.37. The monoisotopic (exact) mass is 340 g/mol. The molecule has 0 atom stereocenters. The molecule has 20 heavy (non-hydrogen) atoms. The molecule has 1 fully saturated rings. The van der Waals surface area contributed by atoms with Gasteiger partial charge in [-0.05, 0) is 31.0 Å². The number of carbonyl (C=O) groups is 1. The predicted molar refractivity (Wildman–Crippen MR) is 83.5 cm³/mol. The fraction of sp³-hybridized carbons (Fsp3) is 0.533. The summed E-state index contributed by atoms with van der Waals surface area (Å²) in [5, 5.41) is 9.24. The first kappa shape index (κ1) is 15.3. The smallest absolute Gasteiger partial charge is 0.254 e. The quantitative estimate of drug-likeness (QED) is 0.828. The zero-order valence-electron chi connectivity index (χ0n) is 11.5. The number of hydrogen-bond donors (Lipinski definition) is 2. The van der Waals surface area contributed by atoms with Crippen LogP contribution in [0.5, 0.6) is 0 Å². The molecule has 5 heteroatoms. The van der Waals surface area contributed by atoms with Crippen LogP contribution in [0.1, 0.15) is 42.5 Å². The maximum Gasteiger partial charge on any atom is 0.254 e. The number of nitrogens with two attached hydrogens (primary N) is 1. The van der Waals surface area contributed by atoms with Crippen LogP contribution in [0.4, 0.5) is 5.69 Å². The highest BCUT2D eigenvalue weighted by atomic mass is 79.9. The number of benzene rings is 1. The minimum Gasteiger partial charge on any atom is -0.399 e. The van der Waals surface area contributed by atoms with Gasteiger partial charge >= 0.3 is 0 Å². The van der Waals surface area contributed by atoms with Gasteiger partial charge in [0.2, 0.25) is 0 Å². The van der Waals surface area contributed by atoms with Gasteiger partial charge in [-0.25, -0.2) is 0 Å². The molecule has 110 valence electrons. The van der Waals surface area contributed by atoms with E-state index in [4.69, 9.17) is 5.73 Å². The summed E-state index contributed by atoms with van der Waals surface area (Å²) in [6.07, 6.45) is 5.59. The van der Waals surface area contributed by atoms with Gasteiger partial charge in [-0.2, -0.15) is 0 Å². The molecule has 0 bridgehead atoms. The molecular weight excluding hydrogens is 320 g/mol. The van der Waals surface area contributed by atoms with Gasteiger partial charge in [0.05, 0.1) is 6.61 Å². The highest BCUT2D eigenvalue weighted by Gasteiger charge is 2.26. The number of nitrogens with zero attached hydrogens (tertiary/aromatic N) is 1. The molecule has 0 aromatic heterocycles. The molecule has 0 radical (unpaired) electrons. The van der Waals surface area contributed by atoms with Gasteiger partial charge in [-0.1, -0.05) is 35.2 Å². The molecule has 0 spiro atoms. The third-order valence-corrected chi connectivity index (χ3v) is 4.24. The zero-order valence-corrected chi connectivity index (χ0v) is 13.1. The molecule has 0 heterocycles. The van der Waals surface area contributed by atoms with Crippen LogP contribution >= 0.6 is 15.9 Å². The minimum absolute atomic E-state index is 0.00821. The fourth-order valence-electron chi connectivity index (χ4n) is 2.85. The van der Waals surface area contributed by atoms with Crippen LogP contribution in [0.25, 0.3) is 0 Å². The average Bonchev–Trinajstić information content (AvgIpc) is 2.44. The van der Waals surface area contributed by atoms with Crippen LogP contribution in [0.15, 0.2) is 22.7 Å². The topological polar surface area (TPSA) is 66.6 Å². The maximum absolute atomic E-state index is 12.7. The van der Waals surface area contributed by atoms with Crippen LogP contribution < -0.4 is 5.73 Å². The van der Waals surface area contributed by atoms with Crippen molar-refractivity contribution in [2.24, 2.45) is 0 Å². The maximum atomic E-state index is 12.7. The molecule has 1 aliphatic carbocycles. The molecule has 0 saturated heterocycles. The molecule has 3 N–H and O–H groups in total. The number of rotatable bonds is 4. The van der Waals surface area contributed by atoms with E-state index in [2.05, 4.69) is 15.9 Å². The number of amides is 1. The molecule has 1 aromatic rings. The summed E-state index contributed by atoms with van der Waals surface area (Å²) in [4.78, 5) is 14.5. The van der Waals surface area contributed by atoms with E-state index < -0.39 is 0 Å². The van der Waals surface area contributed by atoms with Crippen LogP contribution in [0, 0.1) is 0 Å². The van der Waals surface area contributed by atoms with Crippen molar-refractivity contribution in [3.05, 3.63) is 28.2 Å². The van der Waals surface area contributed by atoms with E-state index in [-0.39, 0.29) is 18.6 Å². The molecule has 0 aliphatic heterocycles. The normalized spacial score (nSPS) is 16.1. The van der Waals surface area contributed by atoms with Crippen LogP contribution in [0.3, 0.4) is 0 Å². The summed E-state index contributed by atoms with van der Waals surface area (Å²) in [5.41, 5.74) is 6.94. The number of anilines is 1. The lowest BCUT2D eigenvalue weighted by atomic mass is 9.93. The number of carbonyl (C=O) groups excluding carboxylic acids is 1. The van der Waals surface area contributed by atoms with Crippen molar-refractivity contribution in [1.82, 2.24) is 4.90 Å². The largest absolute Gasteiger partial charge is 0.399 e. The lowest BCUT2D eigenvalue weighted by Gasteiger charge is -2.34. The Kier molecular flexibility index (Phi) is 5.43. The second kappa shape index (κ2) is 7.09. The SMILES string of the molecule is Nc1cc(Br)cc(C(=O)N(CCO)C2CCCCC2)c1. The van der Waals surface area contributed by atoms with Crippen LogP contribution in [-0.4, -0.2) is 35.1 Å². The third-order valence-electron chi connectivity index (χ3n) is 3.78. The summed E-state index contributed by atoms with van der Waals surface area (Å²) in [6, 6.07) is 5.49. The van der Waals surface area contributed by atoms with Crippen LogP contribution in [-0.2, 0) is 0 Å². The summed E-state index contributed by atoms with van der Waals surface area (Å²) in [6.45, 7) is 0.377. The number of nitrogen functional groups attached to an aromatic ring is 1. The van der Waals surface area contributed by atoms with Gasteiger partial charge in [-0.15, -0.1) is 0 Å². The van der Waals surface area contributed by atoms with E-state index in [1.807, 2.05) is 0 Å². The number of aliphatic hydroxyl groups excluding tert-OH is 1. The Morgan fingerprint density at radius 1 is 1.30 bits per heavy atom. The first-order chi connectivity index (χ1) is 9.61. The first-order valence-corrected chi connectivity index (χ1v) is 7.89. The van der Waals surface area contributed by atoms with E-state index in [1.54, 1.807) is 23.1 Å². The Bertz CT molecular complexity index is 453. The van der Waals surface area contributed by atoms with Crippen molar-refractivity contribution >= 4 is 27.5 Å². The van der Waals surface area contributed by atoms with E-state index in [0.717, 1.165) is 30.2 Å². The molecule has 1 aliphatic rings. The van der Waals surface area contributed by atoms with Crippen molar-refractivity contribution in [2.75, 3.05) is 18.9 Å². The molecule has 1 saturated carbocycles. The zero-order chi connectivity index (χ0) is 14.5. The molecule has 4 nitrogen and oxygen atoms in total. The van der Waals surface area contributed by atoms with Gasteiger partial charge in [0.15, 0.2) is 0 Å². The number of hydrogen-bond acceptors (Lipinski definition) is 3. The Morgan fingerprint density at radius 3 is 2.60 bits per heavy atom. The third kappa shape index (κ3) is 3.73. The van der Waals surface area contributed by atoms with E-state index in [1.165, 1.54) is 6.42 Å². The van der Waals surface area contributed by atoms with Gasteiger partial charge < -0.3 is 15.7 Å². The van der Waals surface area contributed by atoms with Crippen LogP contribution in [0.2, 0.25) is 0 Å². The molecule has 1 aromatic carbocycles. The molecule has 1 amide bonds. The lowest BCUT2D eigenvalue weighted by molar-refractivity contribution is 0.0585. The number of halogens is 1. The minimum atomic E-state index is -0.0426. The fourth-order valence-corrected chi connectivity index (χ4v) is 3.36. The standard InChI is InChI=1S/C15H21BrN2O2/c16-12-8-11(9-13(17)10-12)15(20)18(6-7-19)14-4-2-1-3-5-14/h8-10,14,19H,1-7,17H2. The highest BCUT2D eigenvalue weighted by molar-refractivity contribution is 9.10. The van der Waals surface area contributed by atoms with Crippen molar-refractivity contribution < 1.29 is 9.90 Å². The van der Waals surface area contributed by atoms with Crippen molar-refractivity contribution in [3.63, 3.8) is 0 Å². The molecule has 2 rings (SSSR count). The highest BCUT2D eigenvalue weighted by Crippen LogP contribution is 2.25. The second-order valence-electron chi connectivity index (χ2n) is 5.29. The average molecular weight is 341 g/mol. The van der Waals surface area contributed by atoms with E-state index >= 15 is 0 Å². The Morgan fingerprint density at radius 2 is 2.00 bits per heavy atom. The molecular formula is C15H21BrN2O2. The van der Waals surface area contributed by atoms with Gasteiger partial charge in [0.25, 0.3) is 5.91 Å². The van der Waals surface area contributed by atoms with Crippen molar-refractivity contribution in [3.8, 4) is 0 Å². The summed E-state index contributed by atoms with van der Waals surface area (Å²) in [5.74, 6) is -0.0426. The Hall–Kier alpha value is -1.07. The second-order valence-corrected chi connectivity index (χ2v) is 6.20. The lowest BCUT2D eigenvalue weighted by Crippen LogP contribution is -2.43. The summed E-state index contributed by atoms with van der Waals surface area (Å²) in [7, 11) is 0. The predicted octanol–water partition coefficient (Wildman–Crippen LogP) is 2.80. The number of aliphatic hydroxyl groups is 1. The van der Waals surface area contributed by atoms with Gasteiger partial charge in [0.1, 0.15) is 0 Å². The Labute approximate surface area is 128 Å². The Balaban J connectivity index is 2.20. The first-order valence-electron chi connectivity index (χ1n) is 7.09. The van der Waals surface area contributed by atoms with E-state index in [9.17, 15) is 9.90 Å². The molecule has 0 unspecified atom stereocenters. The van der Waals surface area contributed by atoms with Crippen molar-refractivity contribution in [1.29, 1.82) is 0 Å². The van der Waals surface area contributed by atoms with Gasteiger partial charge in [-0.3, -0.25) is 4.79 Å². The van der Waals surface area contributed by atoms with Crippen molar-refractivity contribution in [2.45, 2.75) is 38.1 Å². The summed E-state index contributed by atoms with van der Waals surface area (Å²) < 4.78 is 0.799. The van der Waals surface area contributed by atoms with Gasteiger partial charge in [0, 0.05) is 28.3 Å².